The fourth-order valence-corrected chi connectivity index (χ4v) is 7.01. The van der Waals surface area contributed by atoms with E-state index in [1.165, 1.54) is 0 Å². The first-order chi connectivity index (χ1) is 15.8. The molecule has 4 aliphatic carbocycles. The second kappa shape index (κ2) is 7.67. The Morgan fingerprint density at radius 1 is 1.18 bits per heavy atom. The molecular formula is C27H35ClF2N2O2. The van der Waals surface area contributed by atoms with Gasteiger partial charge in [0.25, 0.3) is 5.92 Å². The first kappa shape index (κ1) is 24.1. The molecule has 2 amide bonds. The lowest BCUT2D eigenvalue weighted by atomic mass is 9.39. The predicted octanol–water partition coefficient (Wildman–Crippen LogP) is 6.81. The van der Waals surface area contributed by atoms with Crippen molar-refractivity contribution in [2.24, 2.45) is 10.8 Å². The number of carbonyl (C=O) groups is 1. The summed E-state index contributed by atoms with van der Waals surface area (Å²) in [5.74, 6) is -2.78. The van der Waals surface area contributed by atoms with Gasteiger partial charge in [-0.25, -0.2) is 13.6 Å². The zero-order chi connectivity index (χ0) is 24.6. The molecule has 0 unspecified atom stereocenters. The van der Waals surface area contributed by atoms with Crippen molar-refractivity contribution >= 4 is 17.6 Å². The smallest absolute Gasteiger partial charge is 0.322 e. The first-order valence-corrected chi connectivity index (χ1v) is 12.7. The van der Waals surface area contributed by atoms with Crippen LogP contribution in [0.25, 0.3) is 0 Å². The lowest BCUT2D eigenvalue weighted by Gasteiger charge is -2.73. The van der Waals surface area contributed by atoms with Crippen LogP contribution >= 0.6 is 11.6 Å². The highest BCUT2D eigenvalue weighted by molar-refractivity contribution is 6.31. The molecule has 1 aliphatic heterocycles. The SMILES string of the molecule is COCC12CC(N3C=C4CC(F)(F)CC[C@@]4(c4ccc(CCC(C)(C)C)c(Cl)c4)NC3=O)(C1)C2. The molecule has 4 fully saturated rings. The number of hydrogen-bond acceptors (Lipinski definition) is 2. The second-order valence-electron chi connectivity index (χ2n) is 12.4. The molecule has 4 saturated carbocycles. The highest BCUT2D eigenvalue weighted by Gasteiger charge is 2.71. The van der Waals surface area contributed by atoms with Crippen LogP contribution in [0.1, 0.15) is 76.8 Å². The number of ether oxygens (including phenoxy) is 1. The van der Waals surface area contributed by atoms with Crippen molar-refractivity contribution in [1.29, 1.82) is 0 Å². The van der Waals surface area contributed by atoms with E-state index in [4.69, 9.17) is 16.3 Å². The predicted molar refractivity (Wildman–Crippen MR) is 129 cm³/mol. The lowest BCUT2D eigenvalue weighted by molar-refractivity contribution is -0.216. The molecule has 6 rings (SSSR count). The van der Waals surface area contributed by atoms with Gasteiger partial charge in [-0.3, -0.25) is 4.90 Å². The van der Waals surface area contributed by atoms with E-state index in [1.54, 1.807) is 18.2 Å². The third-order valence-corrected chi connectivity index (χ3v) is 8.80. The number of benzene rings is 1. The normalized spacial score (nSPS) is 33.9. The molecule has 2 bridgehead atoms. The van der Waals surface area contributed by atoms with Gasteiger partial charge in [0, 0.05) is 36.6 Å². The number of carbonyl (C=O) groups excluding carboxylic acids is 1. The van der Waals surface area contributed by atoms with Gasteiger partial charge >= 0.3 is 6.03 Å². The van der Waals surface area contributed by atoms with Gasteiger partial charge in [-0.05, 0) is 66.7 Å². The molecule has 1 aromatic rings. The molecule has 4 nitrogen and oxygen atoms in total. The van der Waals surface area contributed by atoms with E-state index in [1.807, 2.05) is 18.2 Å². The Bertz CT molecular complexity index is 1030. The molecule has 0 aromatic heterocycles. The highest BCUT2D eigenvalue weighted by atomic mass is 35.5. The van der Waals surface area contributed by atoms with Crippen LogP contribution < -0.4 is 5.32 Å². The number of nitrogens with zero attached hydrogens (tertiary/aromatic N) is 1. The molecule has 0 saturated heterocycles. The Hall–Kier alpha value is -1.66. The van der Waals surface area contributed by atoms with Crippen LogP contribution in [0.4, 0.5) is 13.6 Å². The van der Waals surface area contributed by atoms with E-state index in [0.717, 1.165) is 43.2 Å². The van der Waals surface area contributed by atoms with Crippen LogP contribution in [0.3, 0.4) is 0 Å². The number of fused-ring (bicyclic) bond motifs is 1. The zero-order valence-electron chi connectivity index (χ0n) is 20.6. The number of hydrogen-bond donors (Lipinski definition) is 1. The number of nitrogens with one attached hydrogen (secondary N) is 1. The van der Waals surface area contributed by atoms with Crippen molar-refractivity contribution in [3.8, 4) is 0 Å². The van der Waals surface area contributed by atoms with Crippen molar-refractivity contribution in [3.05, 3.63) is 46.1 Å². The molecule has 5 aliphatic rings. The number of urea groups is 1. The van der Waals surface area contributed by atoms with Crippen LogP contribution in [-0.4, -0.2) is 36.1 Å². The van der Waals surface area contributed by atoms with Gasteiger partial charge in [0.2, 0.25) is 0 Å². The Balaban J connectivity index is 1.46. The minimum absolute atomic E-state index is 0.148. The van der Waals surface area contributed by atoms with Gasteiger partial charge in [0.15, 0.2) is 0 Å². The van der Waals surface area contributed by atoms with Crippen molar-refractivity contribution in [3.63, 3.8) is 0 Å². The molecule has 1 atom stereocenters. The maximum absolute atomic E-state index is 14.6. The van der Waals surface area contributed by atoms with E-state index in [0.29, 0.717) is 17.2 Å². The third-order valence-electron chi connectivity index (χ3n) is 8.45. The van der Waals surface area contributed by atoms with Gasteiger partial charge in [-0.2, -0.15) is 0 Å². The van der Waals surface area contributed by atoms with Crippen LogP contribution in [0, 0.1) is 10.8 Å². The average Bonchev–Trinajstić information content (AvgIpc) is 2.68. The van der Waals surface area contributed by atoms with Gasteiger partial charge in [-0.15, -0.1) is 0 Å². The quantitative estimate of drug-likeness (QED) is 0.473. The molecule has 0 radical (unpaired) electrons. The molecule has 1 N–H and O–H groups in total. The maximum Gasteiger partial charge on any atom is 0.322 e. The summed E-state index contributed by atoms with van der Waals surface area (Å²) in [4.78, 5) is 15.1. The van der Waals surface area contributed by atoms with Crippen molar-refractivity contribution in [1.82, 2.24) is 10.2 Å². The number of halogens is 3. The Morgan fingerprint density at radius 3 is 2.50 bits per heavy atom. The van der Waals surface area contributed by atoms with Crippen molar-refractivity contribution in [2.45, 2.75) is 89.1 Å². The minimum Gasteiger partial charge on any atom is -0.384 e. The fourth-order valence-electron chi connectivity index (χ4n) is 6.74. The molecule has 34 heavy (non-hydrogen) atoms. The first-order valence-electron chi connectivity index (χ1n) is 12.3. The average molecular weight is 493 g/mol. The Labute approximate surface area is 206 Å². The monoisotopic (exact) mass is 492 g/mol. The molecule has 186 valence electrons. The number of alkyl halides is 2. The minimum atomic E-state index is -2.78. The van der Waals surface area contributed by atoms with Gasteiger partial charge in [0.05, 0.1) is 17.7 Å². The second-order valence-corrected chi connectivity index (χ2v) is 12.9. The standard InChI is InChI=1S/C27H35ClF2N2O2/c1-23(2,3)8-7-18-5-6-19(11-21(18)28)27-10-9-26(29,30)12-20(27)13-32(22(33)31-27)25-14-24(15-25,16-25)17-34-4/h5-6,11,13H,7-10,12,14-17H2,1-4H3,(H,31,33)/t24?,25?,27-/m0/s1. The largest absolute Gasteiger partial charge is 0.384 e. The number of aryl methyl sites for hydroxylation is 1. The topological polar surface area (TPSA) is 41.6 Å². The molecule has 1 aromatic carbocycles. The van der Waals surface area contributed by atoms with E-state index >= 15 is 0 Å². The molecule has 1 heterocycles. The molecular weight excluding hydrogens is 458 g/mol. The van der Waals surface area contributed by atoms with E-state index in [9.17, 15) is 13.6 Å². The van der Waals surface area contributed by atoms with Crippen LogP contribution in [0.5, 0.6) is 0 Å². The third kappa shape index (κ3) is 3.85. The van der Waals surface area contributed by atoms with Gasteiger partial charge in [0.1, 0.15) is 0 Å². The lowest BCUT2D eigenvalue weighted by Crippen LogP contribution is -2.78. The summed E-state index contributed by atoms with van der Waals surface area (Å²) >= 11 is 6.68. The number of amides is 2. The summed E-state index contributed by atoms with van der Waals surface area (Å²) in [5, 5.41) is 3.81. The van der Waals surface area contributed by atoms with Crippen molar-refractivity contribution < 1.29 is 18.3 Å². The van der Waals surface area contributed by atoms with E-state index < -0.39 is 11.5 Å². The Kier molecular flexibility index (Phi) is 5.42. The number of rotatable bonds is 6. The summed E-state index contributed by atoms with van der Waals surface area (Å²) < 4.78 is 34.5. The van der Waals surface area contributed by atoms with E-state index in [2.05, 4.69) is 26.1 Å². The highest BCUT2D eigenvalue weighted by Crippen LogP contribution is 2.70. The Morgan fingerprint density at radius 2 is 1.88 bits per heavy atom. The summed E-state index contributed by atoms with van der Waals surface area (Å²) in [6.45, 7) is 7.27. The van der Waals surface area contributed by atoms with E-state index in [-0.39, 0.29) is 41.7 Å². The summed E-state index contributed by atoms with van der Waals surface area (Å²) in [5.41, 5.74) is 1.56. The van der Waals surface area contributed by atoms with Crippen LogP contribution in [0.2, 0.25) is 5.02 Å². The number of methoxy groups -OCH3 is 1. The zero-order valence-corrected chi connectivity index (χ0v) is 21.3. The summed E-state index contributed by atoms with van der Waals surface area (Å²) in [6.07, 6.45) is 5.71. The molecule has 7 heteroatoms. The van der Waals surface area contributed by atoms with Crippen LogP contribution in [0.15, 0.2) is 30.0 Å². The summed E-state index contributed by atoms with van der Waals surface area (Å²) in [6, 6.07) is 5.64. The van der Waals surface area contributed by atoms with Crippen molar-refractivity contribution in [2.75, 3.05) is 13.7 Å². The molecule has 0 spiro atoms. The van der Waals surface area contributed by atoms with Gasteiger partial charge < -0.3 is 10.1 Å². The summed E-state index contributed by atoms with van der Waals surface area (Å²) in [7, 11) is 1.70. The fraction of sp³-hybridized carbons (Fsp3) is 0.667. The maximum atomic E-state index is 14.6. The van der Waals surface area contributed by atoms with Gasteiger partial charge in [-0.1, -0.05) is 44.5 Å². The van der Waals surface area contributed by atoms with Crippen LogP contribution in [-0.2, 0) is 16.7 Å².